The van der Waals surface area contributed by atoms with E-state index in [1.54, 1.807) is 0 Å². The van der Waals surface area contributed by atoms with Crippen molar-refractivity contribution in [1.82, 2.24) is 0 Å². The fraction of sp³-hybridized carbons (Fsp3) is 0.211. The summed E-state index contributed by atoms with van der Waals surface area (Å²) in [5.41, 5.74) is 1.34. The fourth-order valence-electron chi connectivity index (χ4n) is 2.96. The van der Waals surface area contributed by atoms with Crippen molar-refractivity contribution in [3.05, 3.63) is 60.2 Å². The van der Waals surface area contributed by atoms with E-state index in [-0.39, 0.29) is 6.42 Å². The molecular formula is C19H18O2. The van der Waals surface area contributed by atoms with E-state index >= 15 is 0 Å². The number of carboxylic acid groups (broad SMARTS) is 1. The average molecular weight is 278 g/mol. The van der Waals surface area contributed by atoms with Gasteiger partial charge in [0.2, 0.25) is 0 Å². The van der Waals surface area contributed by atoms with E-state index in [9.17, 15) is 4.79 Å². The molecule has 3 aromatic carbocycles. The quantitative estimate of drug-likeness (QED) is 0.538. The summed E-state index contributed by atoms with van der Waals surface area (Å²) in [6, 6.07) is 19.1. The van der Waals surface area contributed by atoms with Gasteiger partial charge >= 0.3 is 5.97 Å². The van der Waals surface area contributed by atoms with Crippen LogP contribution in [0.1, 0.15) is 24.8 Å². The molecule has 3 aromatic rings. The maximum atomic E-state index is 10.6. The van der Waals surface area contributed by atoms with Gasteiger partial charge in [-0.05, 0) is 52.4 Å². The van der Waals surface area contributed by atoms with Crippen LogP contribution in [-0.2, 0) is 11.2 Å². The number of rotatable bonds is 5. The van der Waals surface area contributed by atoms with Crippen molar-refractivity contribution in [3.63, 3.8) is 0 Å². The van der Waals surface area contributed by atoms with Crippen molar-refractivity contribution in [2.24, 2.45) is 0 Å². The predicted molar refractivity (Wildman–Crippen MR) is 86.6 cm³/mol. The highest BCUT2D eigenvalue weighted by Crippen LogP contribution is 2.29. The van der Waals surface area contributed by atoms with E-state index in [0.717, 1.165) is 19.3 Å². The molecule has 0 unspecified atom stereocenters. The monoisotopic (exact) mass is 278 g/mol. The number of carbonyl (C=O) groups is 1. The van der Waals surface area contributed by atoms with Crippen molar-refractivity contribution in [1.29, 1.82) is 0 Å². The summed E-state index contributed by atoms with van der Waals surface area (Å²) in [5, 5.41) is 13.8. The third-order valence-corrected chi connectivity index (χ3v) is 3.95. The fourth-order valence-corrected chi connectivity index (χ4v) is 2.96. The molecule has 0 radical (unpaired) electrons. The van der Waals surface area contributed by atoms with Gasteiger partial charge in [-0.2, -0.15) is 0 Å². The molecule has 2 nitrogen and oxygen atoms in total. The summed E-state index contributed by atoms with van der Waals surface area (Å²) < 4.78 is 0. The first kappa shape index (κ1) is 13.6. The zero-order valence-corrected chi connectivity index (χ0v) is 11.9. The Balaban J connectivity index is 2.01. The third kappa shape index (κ3) is 2.89. The van der Waals surface area contributed by atoms with Crippen molar-refractivity contribution in [3.8, 4) is 0 Å². The van der Waals surface area contributed by atoms with Gasteiger partial charge in [-0.15, -0.1) is 0 Å². The van der Waals surface area contributed by atoms with Crippen LogP contribution < -0.4 is 0 Å². The Labute approximate surface area is 124 Å². The maximum Gasteiger partial charge on any atom is 0.303 e. The first-order valence-electron chi connectivity index (χ1n) is 7.37. The first-order chi connectivity index (χ1) is 10.3. The Morgan fingerprint density at radius 1 is 0.857 bits per heavy atom. The highest BCUT2D eigenvalue weighted by atomic mass is 16.4. The lowest BCUT2D eigenvalue weighted by Crippen LogP contribution is -1.96. The van der Waals surface area contributed by atoms with Gasteiger partial charge < -0.3 is 5.11 Å². The number of hydrogen-bond donors (Lipinski definition) is 1. The molecule has 0 aromatic heterocycles. The lowest BCUT2D eigenvalue weighted by atomic mass is 9.93. The van der Waals surface area contributed by atoms with E-state index in [0.29, 0.717) is 0 Å². The van der Waals surface area contributed by atoms with E-state index in [4.69, 9.17) is 5.11 Å². The average Bonchev–Trinajstić information content (AvgIpc) is 2.50. The number of aryl methyl sites for hydroxylation is 1. The molecule has 106 valence electrons. The Kier molecular flexibility index (Phi) is 3.87. The van der Waals surface area contributed by atoms with Gasteiger partial charge in [0, 0.05) is 6.42 Å². The topological polar surface area (TPSA) is 37.3 Å². The Hall–Kier alpha value is -2.35. The van der Waals surface area contributed by atoms with E-state index < -0.39 is 5.97 Å². The molecule has 3 rings (SSSR count). The van der Waals surface area contributed by atoms with Crippen LogP contribution in [0.15, 0.2) is 54.6 Å². The molecule has 0 amide bonds. The largest absolute Gasteiger partial charge is 0.481 e. The number of carboxylic acids is 1. The van der Waals surface area contributed by atoms with Crippen molar-refractivity contribution in [2.75, 3.05) is 0 Å². The third-order valence-electron chi connectivity index (χ3n) is 3.95. The van der Waals surface area contributed by atoms with Gasteiger partial charge in [-0.25, -0.2) is 0 Å². The summed E-state index contributed by atoms with van der Waals surface area (Å²) in [7, 11) is 0. The highest BCUT2D eigenvalue weighted by Gasteiger charge is 2.07. The second-order valence-corrected chi connectivity index (χ2v) is 5.40. The molecule has 2 heteroatoms. The molecule has 0 aliphatic heterocycles. The van der Waals surface area contributed by atoms with Gasteiger partial charge in [0.15, 0.2) is 0 Å². The van der Waals surface area contributed by atoms with Gasteiger partial charge in [0.1, 0.15) is 0 Å². The molecule has 1 N–H and O–H groups in total. The van der Waals surface area contributed by atoms with Crippen LogP contribution in [0.3, 0.4) is 0 Å². The Morgan fingerprint density at radius 2 is 1.43 bits per heavy atom. The molecule has 0 fully saturated rings. The Bertz CT molecular complexity index is 736. The summed E-state index contributed by atoms with van der Waals surface area (Å²) in [6.45, 7) is 0. The first-order valence-corrected chi connectivity index (χ1v) is 7.37. The standard InChI is InChI=1S/C19H18O2/c20-19(21)12-6-5-11-18-16-9-3-1-7-14(16)13-15-8-2-4-10-17(15)18/h1-4,7-10,13H,5-6,11-12H2,(H,20,21). The van der Waals surface area contributed by atoms with Crippen LogP contribution in [-0.4, -0.2) is 11.1 Å². The number of hydrogen-bond acceptors (Lipinski definition) is 1. The number of benzene rings is 3. The number of fused-ring (bicyclic) bond motifs is 2. The van der Waals surface area contributed by atoms with E-state index in [2.05, 4.69) is 54.6 Å². The van der Waals surface area contributed by atoms with Crippen molar-refractivity contribution < 1.29 is 9.90 Å². The maximum absolute atomic E-state index is 10.6. The minimum absolute atomic E-state index is 0.253. The molecule has 0 spiro atoms. The minimum atomic E-state index is -0.710. The molecule has 0 saturated heterocycles. The molecule has 0 aliphatic rings. The summed E-state index contributed by atoms with van der Waals surface area (Å²) >= 11 is 0. The Morgan fingerprint density at radius 3 is 2.00 bits per heavy atom. The molecule has 21 heavy (non-hydrogen) atoms. The predicted octanol–water partition coefficient (Wildman–Crippen LogP) is 4.79. The van der Waals surface area contributed by atoms with E-state index in [1.165, 1.54) is 27.1 Å². The summed E-state index contributed by atoms with van der Waals surface area (Å²) in [5.74, 6) is -0.710. The van der Waals surface area contributed by atoms with E-state index in [1.807, 2.05) is 0 Å². The normalized spacial score (nSPS) is 11.0. The van der Waals surface area contributed by atoms with Gasteiger partial charge in [0.05, 0.1) is 0 Å². The zero-order chi connectivity index (χ0) is 14.7. The van der Waals surface area contributed by atoms with Crippen LogP contribution in [0, 0.1) is 0 Å². The van der Waals surface area contributed by atoms with Crippen LogP contribution in [0.2, 0.25) is 0 Å². The van der Waals surface area contributed by atoms with Crippen LogP contribution in [0.4, 0.5) is 0 Å². The van der Waals surface area contributed by atoms with Crippen LogP contribution in [0.5, 0.6) is 0 Å². The smallest absolute Gasteiger partial charge is 0.303 e. The second kappa shape index (κ2) is 5.96. The minimum Gasteiger partial charge on any atom is -0.481 e. The van der Waals surface area contributed by atoms with Crippen molar-refractivity contribution in [2.45, 2.75) is 25.7 Å². The lowest BCUT2D eigenvalue weighted by Gasteiger charge is -2.11. The molecule has 0 saturated carbocycles. The SMILES string of the molecule is O=C(O)CCCCc1c2ccccc2cc2ccccc12. The molecule has 0 heterocycles. The molecular weight excluding hydrogens is 260 g/mol. The number of aliphatic carboxylic acids is 1. The summed E-state index contributed by atoms with van der Waals surface area (Å²) in [4.78, 5) is 10.6. The van der Waals surface area contributed by atoms with Crippen LogP contribution >= 0.6 is 0 Å². The second-order valence-electron chi connectivity index (χ2n) is 5.40. The van der Waals surface area contributed by atoms with Gasteiger partial charge in [-0.1, -0.05) is 48.5 Å². The summed E-state index contributed by atoms with van der Waals surface area (Å²) in [6.07, 6.45) is 2.81. The number of unbranched alkanes of at least 4 members (excludes halogenated alkanes) is 1. The zero-order valence-electron chi connectivity index (χ0n) is 11.9. The molecule has 0 bridgehead atoms. The van der Waals surface area contributed by atoms with Crippen LogP contribution in [0.25, 0.3) is 21.5 Å². The highest BCUT2D eigenvalue weighted by molar-refractivity contribution is 6.02. The van der Waals surface area contributed by atoms with Crippen molar-refractivity contribution >= 4 is 27.5 Å². The van der Waals surface area contributed by atoms with Gasteiger partial charge in [0.25, 0.3) is 0 Å². The lowest BCUT2D eigenvalue weighted by molar-refractivity contribution is -0.137. The molecule has 0 atom stereocenters. The van der Waals surface area contributed by atoms with Gasteiger partial charge in [-0.3, -0.25) is 4.79 Å². The molecule has 0 aliphatic carbocycles.